The number of hydrogen-bond donors (Lipinski definition) is 2. The lowest BCUT2D eigenvalue weighted by Gasteiger charge is -2.19. The van der Waals surface area contributed by atoms with Gasteiger partial charge in [-0.2, -0.15) is 0 Å². The smallest absolute Gasteiger partial charge is 0.260 e. The molecule has 5 heteroatoms. The highest BCUT2D eigenvalue weighted by Gasteiger charge is 2.18. The third-order valence-corrected chi connectivity index (χ3v) is 2.71. The van der Waals surface area contributed by atoms with Gasteiger partial charge in [0, 0.05) is 6.54 Å². The molecule has 3 N–H and O–H groups in total. The molecule has 0 aliphatic heterocycles. The van der Waals surface area contributed by atoms with Gasteiger partial charge >= 0.3 is 0 Å². The number of rotatable bonds is 7. The number of hydrogen-bond acceptors (Lipinski definition) is 4. The summed E-state index contributed by atoms with van der Waals surface area (Å²) in [6, 6.07) is 5.61. The normalized spacial score (nSPS) is 11.8. The van der Waals surface area contributed by atoms with E-state index in [1.807, 2.05) is 19.1 Å². The number of carbonyl (C=O) groups excluding carboxylic acids is 1. The summed E-state index contributed by atoms with van der Waals surface area (Å²) < 4.78 is 11.0. The van der Waals surface area contributed by atoms with E-state index in [0.717, 1.165) is 5.56 Å². The van der Waals surface area contributed by atoms with E-state index in [9.17, 15) is 4.79 Å². The Bertz CT molecular complexity index is 421. The molecule has 1 aromatic rings. The van der Waals surface area contributed by atoms with Crippen LogP contribution in [0.5, 0.6) is 11.5 Å². The van der Waals surface area contributed by atoms with Crippen LogP contribution in [0.25, 0.3) is 0 Å². The lowest BCUT2D eigenvalue weighted by molar-refractivity contribution is -0.127. The molecule has 0 aromatic heterocycles. The van der Waals surface area contributed by atoms with Crippen molar-refractivity contribution in [2.75, 3.05) is 20.2 Å². The summed E-state index contributed by atoms with van der Waals surface area (Å²) in [5.41, 5.74) is 6.53. The van der Waals surface area contributed by atoms with Crippen LogP contribution < -0.4 is 20.5 Å². The zero-order valence-corrected chi connectivity index (χ0v) is 11.7. The molecular formula is C14H22N2O3. The zero-order chi connectivity index (χ0) is 14.3. The first-order chi connectivity index (χ1) is 9.13. The number of nitrogens with two attached hydrogens (primary N) is 1. The SMILES string of the molecule is CCNC(=O)C(C)Oc1c(CCN)cccc1OC. The molecular weight excluding hydrogens is 244 g/mol. The Balaban J connectivity index is 2.93. The van der Waals surface area contributed by atoms with Crippen molar-refractivity contribution in [3.8, 4) is 11.5 Å². The average Bonchev–Trinajstić information content (AvgIpc) is 2.41. The first kappa shape index (κ1) is 15.3. The summed E-state index contributed by atoms with van der Waals surface area (Å²) in [5, 5.41) is 2.73. The van der Waals surface area contributed by atoms with Crippen molar-refractivity contribution >= 4 is 5.91 Å². The number of nitrogens with one attached hydrogen (secondary N) is 1. The highest BCUT2D eigenvalue weighted by Crippen LogP contribution is 2.32. The second kappa shape index (κ2) is 7.63. The molecule has 5 nitrogen and oxygen atoms in total. The topological polar surface area (TPSA) is 73.6 Å². The van der Waals surface area contributed by atoms with Crippen LogP contribution in [0.15, 0.2) is 18.2 Å². The average molecular weight is 266 g/mol. The first-order valence-corrected chi connectivity index (χ1v) is 6.44. The molecule has 106 valence electrons. The molecule has 0 heterocycles. The second-order valence-corrected chi connectivity index (χ2v) is 4.14. The lowest BCUT2D eigenvalue weighted by atomic mass is 10.1. The second-order valence-electron chi connectivity index (χ2n) is 4.14. The molecule has 0 saturated carbocycles. The molecule has 1 rings (SSSR count). The summed E-state index contributed by atoms with van der Waals surface area (Å²) >= 11 is 0. The molecule has 0 spiro atoms. The number of methoxy groups -OCH3 is 1. The van der Waals surface area contributed by atoms with Crippen LogP contribution in [0.1, 0.15) is 19.4 Å². The minimum atomic E-state index is -0.576. The van der Waals surface area contributed by atoms with Gasteiger partial charge in [0.2, 0.25) is 0 Å². The number of ether oxygens (including phenoxy) is 2. The summed E-state index contributed by atoms with van der Waals surface area (Å²) in [5.74, 6) is 1.06. The molecule has 1 amide bonds. The van der Waals surface area contributed by atoms with E-state index in [4.69, 9.17) is 15.2 Å². The number of carbonyl (C=O) groups is 1. The summed E-state index contributed by atoms with van der Waals surface area (Å²) in [6.45, 7) is 4.67. The Morgan fingerprint density at radius 2 is 2.21 bits per heavy atom. The van der Waals surface area contributed by atoms with Crippen LogP contribution in [0.3, 0.4) is 0 Å². The van der Waals surface area contributed by atoms with Gasteiger partial charge in [0.25, 0.3) is 5.91 Å². The highest BCUT2D eigenvalue weighted by atomic mass is 16.5. The molecule has 19 heavy (non-hydrogen) atoms. The van der Waals surface area contributed by atoms with E-state index in [0.29, 0.717) is 31.0 Å². The third kappa shape index (κ3) is 4.13. The Hall–Kier alpha value is -1.75. The molecule has 1 aromatic carbocycles. The summed E-state index contributed by atoms with van der Waals surface area (Å²) in [4.78, 5) is 11.7. The Morgan fingerprint density at radius 1 is 1.47 bits per heavy atom. The fourth-order valence-electron chi connectivity index (χ4n) is 1.76. The molecule has 0 aliphatic carbocycles. The highest BCUT2D eigenvalue weighted by molar-refractivity contribution is 5.80. The van der Waals surface area contributed by atoms with E-state index < -0.39 is 6.10 Å². The van der Waals surface area contributed by atoms with Crippen LogP contribution >= 0.6 is 0 Å². The number of para-hydroxylation sites is 1. The van der Waals surface area contributed by atoms with E-state index in [2.05, 4.69) is 5.32 Å². The molecule has 0 aliphatic rings. The van der Waals surface area contributed by atoms with Crippen LogP contribution in [0.2, 0.25) is 0 Å². The quantitative estimate of drug-likeness (QED) is 0.775. The van der Waals surface area contributed by atoms with Crippen LogP contribution in [-0.4, -0.2) is 32.2 Å². The number of likely N-dealkylation sites (N-methyl/N-ethyl adjacent to an activating group) is 1. The molecule has 1 unspecified atom stereocenters. The van der Waals surface area contributed by atoms with Gasteiger partial charge in [-0.3, -0.25) is 4.79 Å². The fourth-order valence-corrected chi connectivity index (χ4v) is 1.76. The summed E-state index contributed by atoms with van der Waals surface area (Å²) in [6.07, 6.45) is 0.0991. The largest absolute Gasteiger partial charge is 0.493 e. The van der Waals surface area contributed by atoms with Crippen LogP contribution in [-0.2, 0) is 11.2 Å². The van der Waals surface area contributed by atoms with E-state index in [-0.39, 0.29) is 5.91 Å². The number of amides is 1. The minimum Gasteiger partial charge on any atom is -0.493 e. The van der Waals surface area contributed by atoms with E-state index in [1.54, 1.807) is 20.1 Å². The summed E-state index contributed by atoms with van der Waals surface area (Å²) in [7, 11) is 1.57. The van der Waals surface area contributed by atoms with Crippen molar-refractivity contribution in [2.24, 2.45) is 5.73 Å². The van der Waals surface area contributed by atoms with Crippen molar-refractivity contribution in [2.45, 2.75) is 26.4 Å². The monoisotopic (exact) mass is 266 g/mol. The van der Waals surface area contributed by atoms with Gasteiger partial charge in [-0.15, -0.1) is 0 Å². The van der Waals surface area contributed by atoms with Crippen LogP contribution in [0, 0.1) is 0 Å². The van der Waals surface area contributed by atoms with Gasteiger partial charge in [-0.25, -0.2) is 0 Å². The standard InChI is InChI=1S/C14H22N2O3/c1-4-16-14(17)10(2)19-13-11(8-9-15)6-5-7-12(13)18-3/h5-7,10H,4,8-9,15H2,1-3H3,(H,16,17). The van der Waals surface area contributed by atoms with Crippen molar-refractivity contribution in [3.05, 3.63) is 23.8 Å². The molecule has 0 radical (unpaired) electrons. The van der Waals surface area contributed by atoms with Gasteiger partial charge in [0.15, 0.2) is 17.6 Å². The Labute approximate surface area is 114 Å². The lowest BCUT2D eigenvalue weighted by Crippen LogP contribution is -2.36. The third-order valence-electron chi connectivity index (χ3n) is 2.71. The molecule has 0 bridgehead atoms. The van der Waals surface area contributed by atoms with Crippen LogP contribution in [0.4, 0.5) is 0 Å². The van der Waals surface area contributed by atoms with E-state index >= 15 is 0 Å². The molecule has 0 fully saturated rings. The maximum absolute atomic E-state index is 11.7. The van der Waals surface area contributed by atoms with Gasteiger partial charge < -0.3 is 20.5 Å². The first-order valence-electron chi connectivity index (χ1n) is 6.44. The Kier molecular flexibility index (Phi) is 6.15. The van der Waals surface area contributed by atoms with Gasteiger partial charge in [0.1, 0.15) is 0 Å². The minimum absolute atomic E-state index is 0.146. The van der Waals surface area contributed by atoms with Gasteiger partial charge in [-0.05, 0) is 38.4 Å². The van der Waals surface area contributed by atoms with Gasteiger partial charge in [-0.1, -0.05) is 12.1 Å². The van der Waals surface area contributed by atoms with Gasteiger partial charge in [0.05, 0.1) is 7.11 Å². The fraction of sp³-hybridized carbons (Fsp3) is 0.500. The van der Waals surface area contributed by atoms with Crippen molar-refractivity contribution in [1.29, 1.82) is 0 Å². The van der Waals surface area contributed by atoms with Crippen molar-refractivity contribution < 1.29 is 14.3 Å². The molecule has 1 atom stereocenters. The van der Waals surface area contributed by atoms with E-state index in [1.165, 1.54) is 0 Å². The predicted molar refractivity (Wildman–Crippen MR) is 74.5 cm³/mol. The molecule has 0 saturated heterocycles. The maximum atomic E-state index is 11.7. The maximum Gasteiger partial charge on any atom is 0.260 e. The number of benzene rings is 1. The predicted octanol–water partition coefficient (Wildman–Crippen LogP) is 1.10. The zero-order valence-electron chi connectivity index (χ0n) is 11.7. The van der Waals surface area contributed by atoms with Crippen molar-refractivity contribution in [1.82, 2.24) is 5.32 Å². The Morgan fingerprint density at radius 3 is 2.79 bits per heavy atom. The van der Waals surface area contributed by atoms with Crippen molar-refractivity contribution in [3.63, 3.8) is 0 Å².